The molecule has 22 heavy (non-hydrogen) atoms. The molecule has 0 atom stereocenters. The predicted octanol–water partition coefficient (Wildman–Crippen LogP) is -0.459. The van der Waals surface area contributed by atoms with Crippen molar-refractivity contribution in [3.8, 4) is 11.5 Å². The summed E-state index contributed by atoms with van der Waals surface area (Å²) in [5.74, 6) is -0.546. The molecular formula is C13H12N4O5. The van der Waals surface area contributed by atoms with Gasteiger partial charge in [-0.1, -0.05) is 0 Å². The van der Waals surface area contributed by atoms with Crippen LogP contribution in [0, 0.1) is 0 Å². The lowest BCUT2D eigenvalue weighted by Gasteiger charge is -2.03. The minimum Gasteiger partial charge on any atom is -0.504 e. The molecule has 0 radical (unpaired) electrons. The van der Waals surface area contributed by atoms with Crippen LogP contribution in [0.2, 0.25) is 0 Å². The maximum atomic E-state index is 11.7. The normalized spacial score (nSPS) is 10.6. The number of carbonyl (C=O) groups excluding carboxylic acids is 1. The highest BCUT2D eigenvalue weighted by atomic mass is 16.5. The van der Waals surface area contributed by atoms with Crippen LogP contribution in [0.3, 0.4) is 0 Å². The van der Waals surface area contributed by atoms with E-state index in [0.29, 0.717) is 5.56 Å². The van der Waals surface area contributed by atoms with Crippen LogP contribution in [-0.2, 0) is 0 Å². The molecule has 0 saturated carbocycles. The van der Waals surface area contributed by atoms with Crippen molar-refractivity contribution in [2.24, 2.45) is 5.10 Å². The summed E-state index contributed by atoms with van der Waals surface area (Å²) in [6.07, 6.45) is 2.30. The number of hydrogen-bond donors (Lipinski definition) is 4. The minimum atomic E-state index is -0.817. The van der Waals surface area contributed by atoms with E-state index in [1.807, 2.05) is 4.98 Å². The maximum absolute atomic E-state index is 11.7. The predicted molar refractivity (Wildman–Crippen MR) is 77.4 cm³/mol. The molecule has 1 heterocycles. The highest BCUT2D eigenvalue weighted by molar-refractivity contribution is 5.94. The molecular weight excluding hydrogens is 292 g/mol. The van der Waals surface area contributed by atoms with E-state index in [1.165, 1.54) is 25.5 Å². The zero-order valence-corrected chi connectivity index (χ0v) is 11.4. The van der Waals surface area contributed by atoms with Gasteiger partial charge in [-0.05, 0) is 23.8 Å². The molecule has 9 heteroatoms. The molecule has 0 spiro atoms. The second-order valence-corrected chi connectivity index (χ2v) is 4.12. The Kier molecular flexibility index (Phi) is 4.37. The number of hydrogen-bond acceptors (Lipinski definition) is 6. The number of nitrogens with one attached hydrogen (secondary N) is 3. The molecule has 1 aromatic carbocycles. The van der Waals surface area contributed by atoms with E-state index >= 15 is 0 Å². The van der Waals surface area contributed by atoms with Gasteiger partial charge < -0.3 is 14.8 Å². The van der Waals surface area contributed by atoms with Crippen molar-refractivity contribution in [1.82, 2.24) is 15.4 Å². The lowest BCUT2D eigenvalue weighted by atomic mass is 10.2. The quantitative estimate of drug-likeness (QED) is 0.447. The number of aromatic hydroxyl groups is 1. The SMILES string of the molecule is COc1cc(/C=N\NC(=O)c2c[nH]c(=O)[nH]c2=O)ccc1O. The number of methoxy groups -OCH3 is 1. The molecule has 0 fully saturated rings. The zero-order chi connectivity index (χ0) is 16.1. The first kappa shape index (κ1) is 15.0. The van der Waals surface area contributed by atoms with Gasteiger partial charge in [0.25, 0.3) is 11.5 Å². The Labute approximate surface area is 123 Å². The average Bonchev–Trinajstić information content (AvgIpc) is 2.48. The van der Waals surface area contributed by atoms with Crippen LogP contribution in [-0.4, -0.2) is 34.3 Å². The van der Waals surface area contributed by atoms with Gasteiger partial charge in [0, 0.05) is 6.20 Å². The molecule has 0 bridgehead atoms. The molecule has 4 N–H and O–H groups in total. The zero-order valence-electron chi connectivity index (χ0n) is 11.4. The highest BCUT2D eigenvalue weighted by Gasteiger charge is 2.09. The number of aromatic nitrogens is 2. The number of H-pyrrole nitrogens is 2. The number of rotatable bonds is 4. The van der Waals surface area contributed by atoms with Crippen molar-refractivity contribution in [2.75, 3.05) is 7.11 Å². The van der Waals surface area contributed by atoms with Gasteiger partial charge >= 0.3 is 5.69 Å². The smallest absolute Gasteiger partial charge is 0.325 e. The van der Waals surface area contributed by atoms with Crippen molar-refractivity contribution in [2.45, 2.75) is 0 Å². The van der Waals surface area contributed by atoms with Gasteiger partial charge in [0.1, 0.15) is 5.56 Å². The summed E-state index contributed by atoms with van der Waals surface area (Å²) in [4.78, 5) is 38.1. The Bertz CT molecular complexity index is 837. The highest BCUT2D eigenvalue weighted by Crippen LogP contribution is 2.25. The van der Waals surface area contributed by atoms with Crippen molar-refractivity contribution >= 4 is 12.1 Å². The van der Waals surface area contributed by atoms with Crippen molar-refractivity contribution in [3.05, 3.63) is 56.4 Å². The van der Waals surface area contributed by atoms with Crippen LogP contribution in [0.5, 0.6) is 11.5 Å². The lowest BCUT2D eigenvalue weighted by molar-refractivity contribution is 0.0953. The maximum Gasteiger partial charge on any atom is 0.325 e. The Hall–Kier alpha value is -3.36. The van der Waals surface area contributed by atoms with Crippen LogP contribution in [0.15, 0.2) is 39.1 Å². The number of nitrogens with zero attached hydrogens (tertiary/aromatic N) is 1. The van der Waals surface area contributed by atoms with Gasteiger partial charge in [-0.3, -0.25) is 14.6 Å². The topological polar surface area (TPSA) is 137 Å². The summed E-state index contributed by atoms with van der Waals surface area (Å²) < 4.78 is 4.93. The number of benzene rings is 1. The first-order valence-corrected chi connectivity index (χ1v) is 6.03. The summed E-state index contributed by atoms with van der Waals surface area (Å²) >= 11 is 0. The van der Waals surface area contributed by atoms with Crippen molar-refractivity contribution in [3.63, 3.8) is 0 Å². The number of ether oxygens (including phenoxy) is 1. The van der Waals surface area contributed by atoms with Gasteiger partial charge in [-0.25, -0.2) is 10.2 Å². The Balaban J connectivity index is 2.10. The summed E-state index contributed by atoms with van der Waals surface area (Å²) in [5, 5.41) is 13.1. The third-order valence-corrected chi connectivity index (χ3v) is 2.65. The van der Waals surface area contributed by atoms with E-state index in [2.05, 4.69) is 15.5 Å². The Morgan fingerprint density at radius 3 is 2.86 bits per heavy atom. The molecule has 0 aliphatic heterocycles. The fourth-order valence-corrected chi connectivity index (χ4v) is 1.58. The van der Waals surface area contributed by atoms with E-state index < -0.39 is 17.2 Å². The van der Waals surface area contributed by atoms with E-state index in [9.17, 15) is 19.5 Å². The number of hydrazone groups is 1. The fourth-order valence-electron chi connectivity index (χ4n) is 1.58. The second kappa shape index (κ2) is 6.39. The Morgan fingerprint density at radius 1 is 1.41 bits per heavy atom. The van der Waals surface area contributed by atoms with Gasteiger partial charge in [0.2, 0.25) is 0 Å². The fraction of sp³-hybridized carbons (Fsp3) is 0.0769. The summed E-state index contributed by atoms with van der Waals surface area (Å²) in [6.45, 7) is 0. The van der Waals surface area contributed by atoms with Crippen LogP contribution in [0.25, 0.3) is 0 Å². The van der Waals surface area contributed by atoms with Gasteiger partial charge in [-0.2, -0.15) is 5.10 Å². The lowest BCUT2D eigenvalue weighted by Crippen LogP contribution is -2.31. The number of phenolic OH excluding ortho intramolecular Hbond substituents is 1. The van der Waals surface area contributed by atoms with E-state index in [0.717, 1.165) is 6.20 Å². The van der Waals surface area contributed by atoms with Crippen molar-refractivity contribution < 1.29 is 14.6 Å². The number of phenols is 1. The molecule has 114 valence electrons. The number of carbonyl (C=O) groups is 1. The van der Waals surface area contributed by atoms with Crippen LogP contribution in [0.1, 0.15) is 15.9 Å². The third kappa shape index (κ3) is 3.39. The summed E-state index contributed by atoms with van der Waals surface area (Å²) in [7, 11) is 1.40. The molecule has 2 aromatic rings. The number of amides is 1. The van der Waals surface area contributed by atoms with Crippen LogP contribution < -0.4 is 21.4 Å². The first-order valence-electron chi connectivity index (χ1n) is 6.03. The molecule has 0 saturated heterocycles. The average molecular weight is 304 g/mol. The van der Waals surface area contributed by atoms with Crippen LogP contribution in [0.4, 0.5) is 0 Å². The largest absolute Gasteiger partial charge is 0.504 e. The van der Waals surface area contributed by atoms with Gasteiger partial charge in [0.05, 0.1) is 13.3 Å². The minimum absolute atomic E-state index is 0.0246. The molecule has 9 nitrogen and oxygen atoms in total. The van der Waals surface area contributed by atoms with Gasteiger partial charge in [0.15, 0.2) is 11.5 Å². The first-order chi connectivity index (χ1) is 10.5. The monoisotopic (exact) mass is 304 g/mol. The number of aromatic amines is 2. The van der Waals surface area contributed by atoms with E-state index in [-0.39, 0.29) is 17.1 Å². The van der Waals surface area contributed by atoms with Gasteiger partial charge in [-0.15, -0.1) is 0 Å². The van der Waals surface area contributed by atoms with E-state index in [1.54, 1.807) is 6.07 Å². The third-order valence-electron chi connectivity index (χ3n) is 2.65. The standard InChI is InChI=1S/C13H12N4O5/c1-22-10-4-7(2-3-9(10)18)5-15-17-12(20)8-6-14-13(21)16-11(8)19/h2-6,18H,1H3,(H,17,20)(H2,14,16,19,21)/b15-5-. The molecule has 0 aliphatic carbocycles. The Morgan fingerprint density at radius 2 is 2.18 bits per heavy atom. The molecule has 0 unspecified atom stereocenters. The van der Waals surface area contributed by atoms with Crippen molar-refractivity contribution in [1.29, 1.82) is 0 Å². The molecule has 1 amide bonds. The molecule has 0 aliphatic rings. The second-order valence-electron chi connectivity index (χ2n) is 4.12. The summed E-state index contributed by atoms with van der Waals surface area (Å²) in [6, 6.07) is 4.48. The van der Waals surface area contributed by atoms with Crippen LogP contribution >= 0.6 is 0 Å². The molecule has 1 aromatic heterocycles. The molecule has 2 rings (SSSR count). The van der Waals surface area contributed by atoms with E-state index in [4.69, 9.17) is 4.74 Å². The summed E-state index contributed by atoms with van der Waals surface area (Å²) in [5.41, 5.74) is 0.904.